The van der Waals surface area contributed by atoms with E-state index in [4.69, 9.17) is 5.73 Å². The third kappa shape index (κ3) is 8.34. The molecule has 0 bridgehead atoms. The number of amides is 1. The lowest BCUT2D eigenvalue weighted by atomic mass is 10.2. The molecule has 1 atom stereocenters. The minimum Gasteiger partial charge on any atom is -0.355 e. The van der Waals surface area contributed by atoms with E-state index in [1.807, 2.05) is 6.92 Å². The fraction of sp³-hybridized carbons (Fsp3) is 0.875. The summed E-state index contributed by atoms with van der Waals surface area (Å²) < 4.78 is 24.1. The number of nitrogens with two attached hydrogens (primary N) is 1. The zero-order chi connectivity index (χ0) is 11.9. The summed E-state index contributed by atoms with van der Waals surface area (Å²) in [6.07, 6.45) is 0.932. The second kappa shape index (κ2) is 6.76. The first kappa shape index (κ1) is 14.3. The lowest BCUT2D eigenvalue weighted by Gasteiger charge is -2.06. The van der Waals surface area contributed by atoms with Gasteiger partial charge in [0.2, 0.25) is 15.9 Å². The number of carbonyl (C=O) groups excluding carboxylic acids is 1. The van der Waals surface area contributed by atoms with Crippen LogP contribution in [0.25, 0.3) is 0 Å². The van der Waals surface area contributed by atoms with Crippen LogP contribution in [-0.4, -0.2) is 39.7 Å². The quantitative estimate of drug-likeness (QED) is 0.516. The van der Waals surface area contributed by atoms with Crippen LogP contribution in [0.4, 0.5) is 0 Å². The van der Waals surface area contributed by atoms with Crippen molar-refractivity contribution >= 4 is 15.9 Å². The van der Waals surface area contributed by atoms with E-state index < -0.39 is 10.0 Å². The van der Waals surface area contributed by atoms with Gasteiger partial charge in [-0.2, -0.15) is 0 Å². The number of rotatable bonds is 7. The Labute approximate surface area is 90.7 Å². The Morgan fingerprint density at radius 3 is 2.53 bits per heavy atom. The molecule has 0 radical (unpaired) electrons. The Hall–Kier alpha value is -0.660. The first-order valence-corrected chi connectivity index (χ1v) is 6.46. The van der Waals surface area contributed by atoms with Gasteiger partial charge in [-0.05, 0) is 20.4 Å². The van der Waals surface area contributed by atoms with Gasteiger partial charge < -0.3 is 11.1 Å². The number of carbonyl (C=O) groups is 1. The predicted molar refractivity (Wildman–Crippen MR) is 58.7 cm³/mol. The molecule has 0 fully saturated rings. The lowest BCUT2D eigenvalue weighted by Crippen LogP contribution is -2.33. The highest BCUT2D eigenvalue weighted by molar-refractivity contribution is 7.89. The lowest BCUT2D eigenvalue weighted by molar-refractivity contribution is -0.121. The van der Waals surface area contributed by atoms with E-state index in [1.165, 1.54) is 7.05 Å². The molecule has 0 saturated carbocycles. The van der Waals surface area contributed by atoms with E-state index in [-0.39, 0.29) is 24.2 Å². The van der Waals surface area contributed by atoms with Crippen molar-refractivity contribution in [3.63, 3.8) is 0 Å². The Kier molecular flexibility index (Phi) is 6.46. The molecule has 0 heterocycles. The highest BCUT2D eigenvalue weighted by atomic mass is 32.2. The number of hydrogen-bond donors (Lipinski definition) is 3. The van der Waals surface area contributed by atoms with E-state index in [1.54, 1.807) is 0 Å². The van der Waals surface area contributed by atoms with Crippen molar-refractivity contribution in [2.75, 3.05) is 19.3 Å². The largest absolute Gasteiger partial charge is 0.355 e. The maximum atomic E-state index is 11.1. The number of sulfonamides is 1. The van der Waals surface area contributed by atoms with E-state index in [2.05, 4.69) is 10.0 Å². The van der Waals surface area contributed by atoms with Gasteiger partial charge in [0.25, 0.3) is 0 Å². The summed E-state index contributed by atoms with van der Waals surface area (Å²) in [6, 6.07) is -0.0169. The average molecular weight is 237 g/mol. The minimum atomic E-state index is -3.24. The molecule has 1 unspecified atom stereocenters. The normalized spacial score (nSPS) is 13.5. The number of hydrogen-bond acceptors (Lipinski definition) is 4. The molecule has 0 aliphatic heterocycles. The van der Waals surface area contributed by atoms with Crippen LogP contribution in [0.5, 0.6) is 0 Å². The monoisotopic (exact) mass is 237 g/mol. The Bertz CT molecular complexity index is 288. The van der Waals surface area contributed by atoms with Crippen molar-refractivity contribution in [1.29, 1.82) is 0 Å². The first-order valence-electron chi connectivity index (χ1n) is 4.81. The van der Waals surface area contributed by atoms with Gasteiger partial charge in [-0.3, -0.25) is 4.79 Å². The van der Waals surface area contributed by atoms with E-state index in [0.29, 0.717) is 12.8 Å². The molecular weight excluding hydrogens is 218 g/mol. The smallest absolute Gasteiger partial charge is 0.220 e. The summed E-state index contributed by atoms with van der Waals surface area (Å²) >= 11 is 0. The average Bonchev–Trinajstić information content (AvgIpc) is 2.14. The molecule has 0 rings (SSSR count). The van der Waals surface area contributed by atoms with Gasteiger partial charge in [0.05, 0.1) is 5.75 Å². The minimum absolute atomic E-state index is 0.0169. The van der Waals surface area contributed by atoms with Gasteiger partial charge in [0.15, 0.2) is 0 Å². The predicted octanol–water partition coefficient (Wildman–Crippen LogP) is -1.22. The summed E-state index contributed by atoms with van der Waals surface area (Å²) in [5.74, 6) is -0.272. The fourth-order valence-electron chi connectivity index (χ4n) is 0.874. The molecule has 1 amide bonds. The van der Waals surface area contributed by atoms with Crippen LogP contribution >= 0.6 is 0 Å². The first-order chi connectivity index (χ1) is 6.87. The summed E-state index contributed by atoms with van der Waals surface area (Å²) in [4.78, 5) is 11.1. The van der Waals surface area contributed by atoms with Crippen molar-refractivity contribution < 1.29 is 13.2 Å². The van der Waals surface area contributed by atoms with Crippen LogP contribution in [0.1, 0.15) is 19.8 Å². The van der Waals surface area contributed by atoms with Crippen molar-refractivity contribution in [1.82, 2.24) is 10.0 Å². The van der Waals surface area contributed by atoms with Crippen molar-refractivity contribution in [3.8, 4) is 0 Å². The second-order valence-electron chi connectivity index (χ2n) is 3.39. The molecule has 15 heavy (non-hydrogen) atoms. The van der Waals surface area contributed by atoms with Gasteiger partial charge in [0, 0.05) is 19.0 Å². The fourth-order valence-corrected chi connectivity index (χ4v) is 1.45. The molecule has 0 aromatic heterocycles. The molecule has 90 valence electrons. The maximum absolute atomic E-state index is 11.1. The van der Waals surface area contributed by atoms with E-state index in [0.717, 1.165) is 0 Å². The zero-order valence-electron chi connectivity index (χ0n) is 9.12. The van der Waals surface area contributed by atoms with Crippen LogP contribution < -0.4 is 15.8 Å². The van der Waals surface area contributed by atoms with Crippen LogP contribution in [0.15, 0.2) is 0 Å². The number of nitrogens with one attached hydrogen (secondary N) is 2. The van der Waals surface area contributed by atoms with Crippen LogP contribution in [0.2, 0.25) is 0 Å². The van der Waals surface area contributed by atoms with E-state index in [9.17, 15) is 13.2 Å². The molecule has 6 nitrogen and oxygen atoms in total. The highest BCUT2D eigenvalue weighted by Gasteiger charge is 2.08. The van der Waals surface area contributed by atoms with Crippen LogP contribution in [-0.2, 0) is 14.8 Å². The van der Waals surface area contributed by atoms with E-state index >= 15 is 0 Å². The Morgan fingerprint density at radius 2 is 2.07 bits per heavy atom. The maximum Gasteiger partial charge on any atom is 0.220 e. The van der Waals surface area contributed by atoms with Crippen molar-refractivity contribution in [3.05, 3.63) is 0 Å². The Balaban J connectivity index is 3.65. The molecule has 0 aliphatic rings. The van der Waals surface area contributed by atoms with Gasteiger partial charge in [-0.15, -0.1) is 0 Å². The molecule has 4 N–H and O–H groups in total. The van der Waals surface area contributed by atoms with Gasteiger partial charge in [-0.1, -0.05) is 0 Å². The summed E-state index contributed by atoms with van der Waals surface area (Å²) in [7, 11) is -1.90. The summed E-state index contributed by atoms with van der Waals surface area (Å²) in [5.41, 5.74) is 5.47. The summed E-state index contributed by atoms with van der Waals surface area (Å²) in [6.45, 7) is 1.94. The standard InChI is InChI=1S/C8H19N3O3S/c1-7(9)3-4-8(12)11-5-6-15(13,14)10-2/h7,10H,3-6,9H2,1-2H3,(H,11,12). The van der Waals surface area contributed by atoms with Crippen molar-refractivity contribution in [2.45, 2.75) is 25.8 Å². The highest BCUT2D eigenvalue weighted by Crippen LogP contribution is 1.92. The molecule has 0 spiro atoms. The van der Waals surface area contributed by atoms with Crippen LogP contribution in [0, 0.1) is 0 Å². The molecular formula is C8H19N3O3S. The van der Waals surface area contributed by atoms with Gasteiger partial charge >= 0.3 is 0 Å². The SMILES string of the molecule is CNS(=O)(=O)CCNC(=O)CCC(C)N. The second-order valence-corrected chi connectivity index (χ2v) is 5.43. The van der Waals surface area contributed by atoms with Crippen LogP contribution in [0.3, 0.4) is 0 Å². The van der Waals surface area contributed by atoms with Gasteiger partial charge in [0.1, 0.15) is 0 Å². The molecule has 0 saturated heterocycles. The molecule has 7 heteroatoms. The van der Waals surface area contributed by atoms with Crippen molar-refractivity contribution in [2.24, 2.45) is 5.73 Å². The molecule has 0 aliphatic carbocycles. The summed E-state index contributed by atoms with van der Waals surface area (Å²) in [5, 5.41) is 2.51. The molecule has 0 aromatic rings. The zero-order valence-corrected chi connectivity index (χ0v) is 9.93. The molecule has 0 aromatic carbocycles. The van der Waals surface area contributed by atoms with Gasteiger partial charge in [-0.25, -0.2) is 13.1 Å². The third-order valence-corrected chi connectivity index (χ3v) is 3.19. The topological polar surface area (TPSA) is 101 Å². The third-order valence-electron chi connectivity index (χ3n) is 1.83. The Morgan fingerprint density at radius 1 is 1.47 bits per heavy atom.